The van der Waals surface area contributed by atoms with Crippen LogP contribution in [0, 0.1) is 17.3 Å². The van der Waals surface area contributed by atoms with Crippen molar-refractivity contribution in [2.45, 2.75) is 78.2 Å². The van der Waals surface area contributed by atoms with Crippen molar-refractivity contribution >= 4 is 0 Å². The molecule has 2 rings (SSSR count). The number of hydrogen-bond donors (Lipinski definition) is 1. The lowest BCUT2D eigenvalue weighted by atomic mass is 9.70. The van der Waals surface area contributed by atoms with Gasteiger partial charge in [-0.3, -0.25) is 4.90 Å². The lowest BCUT2D eigenvalue weighted by Crippen LogP contribution is -2.56. The molecule has 1 aliphatic heterocycles. The molecule has 1 aliphatic carbocycles. The van der Waals surface area contributed by atoms with Gasteiger partial charge in [-0.2, -0.15) is 0 Å². The van der Waals surface area contributed by atoms with E-state index in [1.54, 1.807) is 0 Å². The Morgan fingerprint density at radius 1 is 1.20 bits per heavy atom. The zero-order valence-corrected chi connectivity index (χ0v) is 14.3. The van der Waals surface area contributed by atoms with Crippen molar-refractivity contribution in [3.8, 4) is 0 Å². The molecule has 1 heterocycles. The smallest absolute Gasteiger partial charge is 0.0334 e. The van der Waals surface area contributed by atoms with Crippen LogP contribution in [-0.4, -0.2) is 30.1 Å². The van der Waals surface area contributed by atoms with Crippen LogP contribution in [0.1, 0.15) is 72.6 Å². The second kappa shape index (κ2) is 6.36. The molecule has 1 saturated heterocycles. The van der Waals surface area contributed by atoms with Crippen LogP contribution < -0.4 is 5.73 Å². The lowest BCUT2D eigenvalue weighted by Gasteiger charge is -2.48. The fourth-order valence-electron chi connectivity index (χ4n) is 4.72. The van der Waals surface area contributed by atoms with Gasteiger partial charge in [0.05, 0.1) is 0 Å². The Morgan fingerprint density at radius 3 is 2.40 bits per heavy atom. The second-order valence-corrected chi connectivity index (χ2v) is 7.91. The highest BCUT2D eigenvalue weighted by Gasteiger charge is 2.46. The predicted molar refractivity (Wildman–Crippen MR) is 87.8 cm³/mol. The van der Waals surface area contributed by atoms with Gasteiger partial charge in [-0.25, -0.2) is 0 Å². The molecule has 0 aromatic heterocycles. The van der Waals surface area contributed by atoms with E-state index in [1.807, 2.05) is 0 Å². The lowest BCUT2D eigenvalue weighted by molar-refractivity contribution is 0.0333. The van der Waals surface area contributed by atoms with Crippen molar-refractivity contribution in [2.24, 2.45) is 23.0 Å². The van der Waals surface area contributed by atoms with Gasteiger partial charge in [0.1, 0.15) is 0 Å². The molecule has 0 aromatic rings. The number of nitrogens with zero attached hydrogens (tertiary/aromatic N) is 1. The van der Waals surface area contributed by atoms with E-state index in [9.17, 15) is 0 Å². The van der Waals surface area contributed by atoms with Crippen LogP contribution in [0.2, 0.25) is 0 Å². The van der Waals surface area contributed by atoms with E-state index in [0.717, 1.165) is 18.4 Å². The molecule has 2 heteroatoms. The molecule has 2 fully saturated rings. The van der Waals surface area contributed by atoms with Crippen LogP contribution >= 0.6 is 0 Å². The summed E-state index contributed by atoms with van der Waals surface area (Å²) in [6.07, 6.45) is 9.50. The van der Waals surface area contributed by atoms with Crippen LogP contribution in [0.25, 0.3) is 0 Å². The Bertz CT molecular complexity index is 309. The van der Waals surface area contributed by atoms with Crippen molar-refractivity contribution in [2.75, 3.05) is 19.6 Å². The molecule has 2 atom stereocenters. The van der Waals surface area contributed by atoms with Gasteiger partial charge in [0.2, 0.25) is 0 Å². The standard InChI is InChI=1S/C18H36N2/c1-5-17(6-2)10-11-20(14-17)18(13-19)9-7-8-16(12-18)15(3)4/h15-16H,5-14,19H2,1-4H3. The fourth-order valence-corrected chi connectivity index (χ4v) is 4.72. The molecule has 0 amide bonds. The number of nitrogens with two attached hydrogens (primary N) is 1. The van der Waals surface area contributed by atoms with Crippen molar-refractivity contribution in [1.29, 1.82) is 0 Å². The van der Waals surface area contributed by atoms with Gasteiger partial charge in [-0.15, -0.1) is 0 Å². The summed E-state index contributed by atoms with van der Waals surface area (Å²) < 4.78 is 0. The first kappa shape index (κ1) is 16.3. The molecule has 0 spiro atoms. The summed E-state index contributed by atoms with van der Waals surface area (Å²) in [6.45, 7) is 13.0. The average molecular weight is 280 g/mol. The van der Waals surface area contributed by atoms with E-state index in [1.165, 1.54) is 58.0 Å². The van der Waals surface area contributed by atoms with Gasteiger partial charge in [0.15, 0.2) is 0 Å². The van der Waals surface area contributed by atoms with Crippen LogP contribution in [0.4, 0.5) is 0 Å². The molecule has 2 aliphatic rings. The Labute approximate surface area is 126 Å². The van der Waals surface area contributed by atoms with E-state index in [2.05, 4.69) is 32.6 Å². The third-order valence-electron chi connectivity index (χ3n) is 6.79. The monoisotopic (exact) mass is 280 g/mol. The SMILES string of the molecule is CCC1(CC)CCN(C2(CN)CCCC(C(C)C)C2)C1. The summed E-state index contributed by atoms with van der Waals surface area (Å²) in [7, 11) is 0. The van der Waals surface area contributed by atoms with Crippen LogP contribution in [0.3, 0.4) is 0 Å². The number of hydrogen-bond acceptors (Lipinski definition) is 2. The minimum atomic E-state index is 0.319. The first-order chi connectivity index (χ1) is 9.51. The van der Waals surface area contributed by atoms with Gasteiger partial charge in [-0.1, -0.05) is 40.5 Å². The molecule has 2 nitrogen and oxygen atoms in total. The van der Waals surface area contributed by atoms with Gasteiger partial charge >= 0.3 is 0 Å². The van der Waals surface area contributed by atoms with E-state index in [4.69, 9.17) is 5.73 Å². The maximum Gasteiger partial charge on any atom is 0.0334 e. The Balaban J connectivity index is 2.12. The topological polar surface area (TPSA) is 29.3 Å². The zero-order valence-electron chi connectivity index (χ0n) is 14.3. The molecule has 1 saturated carbocycles. The summed E-state index contributed by atoms with van der Waals surface area (Å²) >= 11 is 0. The van der Waals surface area contributed by atoms with Gasteiger partial charge in [0, 0.05) is 18.6 Å². The molecule has 0 radical (unpaired) electrons. The number of rotatable bonds is 5. The molecular formula is C18H36N2. The van der Waals surface area contributed by atoms with Crippen molar-refractivity contribution in [1.82, 2.24) is 4.90 Å². The summed E-state index contributed by atoms with van der Waals surface area (Å²) in [5.74, 6) is 1.69. The summed E-state index contributed by atoms with van der Waals surface area (Å²) in [5, 5.41) is 0. The second-order valence-electron chi connectivity index (χ2n) is 7.91. The highest BCUT2D eigenvalue weighted by atomic mass is 15.2. The first-order valence-electron chi connectivity index (χ1n) is 8.96. The van der Waals surface area contributed by atoms with Crippen molar-refractivity contribution < 1.29 is 0 Å². The maximum atomic E-state index is 6.31. The summed E-state index contributed by atoms with van der Waals surface area (Å²) in [6, 6.07) is 0. The quantitative estimate of drug-likeness (QED) is 0.823. The van der Waals surface area contributed by atoms with Crippen molar-refractivity contribution in [3.05, 3.63) is 0 Å². The van der Waals surface area contributed by atoms with Gasteiger partial charge in [0.25, 0.3) is 0 Å². The minimum Gasteiger partial charge on any atom is -0.329 e. The Hall–Kier alpha value is -0.0800. The minimum absolute atomic E-state index is 0.319. The Morgan fingerprint density at radius 2 is 1.90 bits per heavy atom. The van der Waals surface area contributed by atoms with Crippen LogP contribution in [0.15, 0.2) is 0 Å². The largest absolute Gasteiger partial charge is 0.329 e. The molecule has 0 aromatic carbocycles. The van der Waals surface area contributed by atoms with E-state index >= 15 is 0 Å². The van der Waals surface area contributed by atoms with E-state index in [-0.39, 0.29) is 0 Å². The van der Waals surface area contributed by atoms with E-state index < -0.39 is 0 Å². The van der Waals surface area contributed by atoms with Crippen molar-refractivity contribution in [3.63, 3.8) is 0 Å². The van der Waals surface area contributed by atoms with Crippen LogP contribution in [0.5, 0.6) is 0 Å². The highest BCUT2D eigenvalue weighted by molar-refractivity contribution is 5.02. The molecule has 20 heavy (non-hydrogen) atoms. The third-order valence-corrected chi connectivity index (χ3v) is 6.79. The molecule has 2 unspecified atom stereocenters. The van der Waals surface area contributed by atoms with Gasteiger partial charge in [-0.05, 0) is 55.9 Å². The normalized spacial score (nSPS) is 34.8. The zero-order chi connectivity index (χ0) is 14.8. The van der Waals surface area contributed by atoms with E-state index in [0.29, 0.717) is 11.0 Å². The van der Waals surface area contributed by atoms with Gasteiger partial charge < -0.3 is 5.73 Å². The van der Waals surface area contributed by atoms with Crippen LogP contribution in [-0.2, 0) is 0 Å². The summed E-state index contributed by atoms with van der Waals surface area (Å²) in [5.41, 5.74) is 7.21. The fraction of sp³-hybridized carbons (Fsp3) is 1.00. The molecular weight excluding hydrogens is 244 g/mol. The first-order valence-corrected chi connectivity index (χ1v) is 8.96. The molecule has 118 valence electrons. The molecule has 2 N–H and O–H groups in total. The average Bonchev–Trinajstić information content (AvgIpc) is 2.93. The predicted octanol–water partition coefficient (Wildman–Crippen LogP) is 4.04. The summed E-state index contributed by atoms with van der Waals surface area (Å²) in [4.78, 5) is 2.80. The maximum absolute atomic E-state index is 6.31. The highest BCUT2D eigenvalue weighted by Crippen LogP contribution is 2.45. The number of likely N-dealkylation sites (tertiary alicyclic amines) is 1. The Kier molecular flexibility index (Phi) is 5.18. The molecule has 0 bridgehead atoms. The third kappa shape index (κ3) is 2.92.